The van der Waals surface area contributed by atoms with E-state index in [4.69, 9.17) is 32.8 Å². The van der Waals surface area contributed by atoms with Crippen LogP contribution >= 0.6 is 23.2 Å². The lowest BCUT2D eigenvalue weighted by Gasteiger charge is -2.42. The highest BCUT2D eigenvalue weighted by Crippen LogP contribution is 2.40. The molecular formula is C26H26Cl2N2O2. The van der Waals surface area contributed by atoms with Gasteiger partial charge in [-0.25, -0.2) is 0 Å². The Morgan fingerprint density at radius 1 is 0.938 bits per heavy atom. The van der Waals surface area contributed by atoms with E-state index in [9.17, 15) is 0 Å². The van der Waals surface area contributed by atoms with Crippen molar-refractivity contribution in [3.63, 3.8) is 0 Å². The number of likely N-dealkylation sites (tertiary alicyclic amines) is 1. The number of hydrogen-bond donors (Lipinski definition) is 0. The fraction of sp³-hybridized carbons (Fsp3) is 0.308. The molecule has 0 N–H and O–H groups in total. The molecule has 0 radical (unpaired) electrons. The molecule has 5 rings (SSSR count). The Hall–Kier alpha value is -2.08. The average molecular weight is 469 g/mol. The number of hydroxylamine groups is 2. The molecule has 2 aliphatic rings. The van der Waals surface area contributed by atoms with E-state index in [-0.39, 0.29) is 6.04 Å². The van der Waals surface area contributed by atoms with E-state index in [0.29, 0.717) is 22.0 Å². The first kappa shape index (κ1) is 21.7. The molecule has 3 atom stereocenters. The summed E-state index contributed by atoms with van der Waals surface area (Å²) in [6.45, 7) is 2.49. The molecule has 0 amide bonds. The minimum atomic E-state index is 0.234. The van der Waals surface area contributed by atoms with E-state index in [1.807, 2.05) is 60.6 Å². The molecule has 32 heavy (non-hydrogen) atoms. The van der Waals surface area contributed by atoms with E-state index < -0.39 is 0 Å². The maximum Gasteiger partial charge on any atom is 0.127 e. The zero-order chi connectivity index (χ0) is 22.1. The lowest BCUT2D eigenvalue weighted by molar-refractivity contribution is -0.114. The van der Waals surface area contributed by atoms with Crippen molar-refractivity contribution in [2.75, 3.05) is 20.2 Å². The zero-order valence-corrected chi connectivity index (χ0v) is 19.5. The van der Waals surface area contributed by atoms with Crippen LogP contribution < -0.4 is 4.74 Å². The summed E-state index contributed by atoms with van der Waals surface area (Å²) in [6, 6.07) is 24.7. The van der Waals surface area contributed by atoms with Crippen molar-refractivity contribution in [3.05, 3.63) is 94.0 Å². The van der Waals surface area contributed by atoms with Crippen LogP contribution in [0.4, 0.5) is 0 Å². The average Bonchev–Trinajstić information content (AvgIpc) is 3.13. The molecule has 2 heterocycles. The summed E-state index contributed by atoms with van der Waals surface area (Å²) in [7, 11) is 2.04. The van der Waals surface area contributed by atoms with Gasteiger partial charge >= 0.3 is 0 Å². The predicted molar refractivity (Wildman–Crippen MR) is 128 cm³/mol. The summed E-state index contributed by atoms with van der Waals surface area (Å²) >= 11 is 12.6. The summed E-state index contributed by atoms with van der Waals surface area (Å²) in [5.41, 5.74) is 2.36. The molecule has 3 aromatic rings. The summed E-state index contributed by atoms with van der Waals surface area (Å²) in [5, 5.41) is 3.37. The second-order valence-electron chi connectivity index (χ2n) is 8.62. The van der Waals surface area contributed by atoms with Crippen molar-refractivity contribution in [1.29, 1.82) is 0 Å². The van der Waals surface area contributed by atoms with Crippen molar-refractivity contribution in [3.8, 4) is 11.5 Å². The van der Waals surface area contributed by atoms with Crippen LogP contribution in [0.1, 0.15) is 23.6 Å². The Kier molecular flexibility index (Phi) is 6.40. The highest BCUT2D eigenvalue weighted by Gasteiger charge is 2.42. The smallest absolute Gasteiger partial charge is 0.127 e. The van der Waals surface area contributed by atoms with Gasteiger partial charge < -0.3 is 4.74 Å². The summed E-state index contributed by atoms with van der Waals surface area (Å²) < 4.78 is 6.11. The predicted octanol–water partition coefficient (Wildman–Crippen LogP) is 6.59. The standard InChI is InChI=1S/C26H26Cl2N2O2/c1-29-25-14-26(19-6-5-9-24(12-19)32-23-7-3-2-4-8-23)30(16-20(25)17-31-29)15-18-10-21(27)13-22(28)11-18/h2-13,20,25-26H,14-17H2,1H3/t20-,25-,26-/m0/s1. The van der Waals surface area contributed by atoms with Crippen molar-refractivity contribution in [2.24, 2.45) is 5.92 Å². The molecule has 0 aliphatic carbocycles. The highest BCUT2D eigenvalue weighted by molar-refractivity contribution is 6.34. The topological polar surface area (TPSA) is 24.9 Å². The van der Waals surface area contributed by atoms with Crippen molar-refractivity contribution in [2.45, 2.75) is 25.0 Å². The quantitative estimate of drug-likeness (QED) is 0.421. The fourth-order valence-electron chi connectivity index (χ4n) is 4.91. The maximum atomic E-state index is 6.28. The second-order valence-corrected chi connectivity index (χ2v) is 9.49. The van der Waals surface area contributed by atoms with Crippen LogP contribution in [0.2, 0.25) is 10.0 Å². The van der Waals surface area contributed by atoms with Crippen LogP contribution in [0.5, 0.6) is 11.5 Å². The Labute approximate surface area is 199 Å². The molecular weight excluding hydrogens is 443 g/mol. The first-order chi connectivity index (χ1) is 15.5. The van der Waals surface area contributed by atoms with E-state index in [1.54, 1.807) is 6.07 Å². The molecule has 0 spiro atoms. The zero-order valence-electron chi connectivity index (χ0n) is 18.0. The van der Waals surface area contributed by atoms with E-state index in [0.717, 1.165) is 43.2 Å². The lowest BCUT2D eigenvalue weighted by Crippen LogP contribution is -2.46. The van der Waals surface area contributed by atoms with Crippen LogP contribution in [0.3, 0.4) is 0 Å². The number of ether oxygens (including phenoxy) is 1. The largest absolute Gasteiger partial charge is 0.457 e. The van der Waals surface area contributed by atoms with Gasteiger partial charge in [0.1, 0.15) is 11.5 Å². The maximum absolute atomic E-state index is 6.28. The summed E-state index contributed by atoms with van der Waals surface area (Å²) in [4.78, 5) is 8.38. The number of halogens is 2. The number of fused-ring (bicyclic) bond motifs is 1. The Morgan fingerprint density at radius 3 is 2.47 bits per heavy atom. The highest BCUT2D eigenvalue weighted by atomic mass is 35.5. The van der Waals surface area contributed by atoms with Crippen LogP contribution in [0.15, 0.2) is 72.8 Å². The van der Waals surface area contributed by atoms with Crippen LogP contribution in [0.25, 0.3) is 0 Å². The molecule has 2 fully saturated rings. The number of nitrogens with zero attached hydrogens (tertiary/aromatic N) is 2. The van der Waals surface area contributed by atoms with Gasteiger partial charge in [0.15, 0.2) is 0 Å². The molecule has 0 unspecified atom stereocenters. The number of para-hydroxylation sites is 1. The third kappa shape index (κ3) is 4.80. The lowest BCUT2D eigenvalue weighted by atomic mass is 9.85. The molecule has 2 aliphatic heterocycles. The molecule has 0 saturated carbocycles. The van der Waals surface area contributed by atoms with Crippen LogP contribution in [-0.4, -0.2) is 36.2 Å². The fourth-order valence-corrected chi connectivity index (χ4v) is 5.48. The van der Waals surface area contributed by atoms with Crippen molar-refractivity contribution in [1.82, 2.24) is 9.96 Å². The third-order valence-electron chi connectivity index (χ3n) is 6.41. The molecule has 0 aromatic heterocycles. The molecule has 3 aromatic carbocycles. The summed E-state index contributed by atoms with van der Waals surface area (Å²) in [6.07, 6.45) is 0.990. The Balaban J connectivity index is 1.43. The minimum absolute atomic E-state index is 0.234. The van der Waals surface area contributed by atoms with Gasteiger partial charge in [0.25, 0.3) is 0 Å². The van der Waals surface area contributed by atoms with Gasteiger partial charge in [0.05, 0.1) is 6.61 Å². The van der Waals surface area contributed by atoms with E-state index in [1.165, 1.54) is 5.56 Å². The molecule has 6 heteroatoms. The third-order valence-corrected chi connectivity index (χ3v) is 6.84. The van der Waals surface area contributed by atoms with Gasteiger partial charge in [-0.15, -0.1) is 0 Å². The van der Waals surface area contributed by atoms with Gasteiger partial charge in [0.2, 0.25) is 0 Å². The number of benzene rings is 3. The minimum Gasteiger partial charge on any atom is -0.457 e. The van der Waals surface area contributed by atoms with Gasteiger partial charge in [-0.1, -0.05) is 53.5 Å². The SMILES string of the molecule is CN1OC[C@@H]2CN(Cc3cc(Cl)cc(Cl)c3)[C@H](c3cccc(Oc4ccccc4)c3)C[C@@H]21. The van der Waals surface area contributed by atoms with Crippen molar-refractivity contribution < 1.29 is 9.57 Å². The molecule has 0 bridgehead atoms. The first-order valence-corrected chi connectivity index (χ1v) is 11.7. The number of hydrogen-bond acceptors (Lipinski definition) is 4. The Bertz CT molecular complexity index is 1060. The Morgan fingerprint density at radius 2 is 1.69 bits per heavy atom. The molecule has 2 saturated heterocycles. The van der Waals surface area contributed by atoms with E-state index in [2.05, 4.69) is 23.1 Å². The van der Waals surface area contributed by atoms with Gasteiger partial charge in [0, 0.05) is 48.2 Å². The van der Waals surface area contributed by atoms with Crippen LogP contribution in [0, 0.1) is 5.92 Å². The van der Waals surface area contributed by atoms with Crippen molar-refractivity contribution >= 4 is 23.2 Å². The molecule has 4 nitrogen and oxygen atoms in total. The monoisotopic (exact) mass is 468 g/mol. The molecule has 166 valence electrons. The number of piperidine rings is 1. The van der Waals surface area contributed by atoms with Gasteiger partial charge in [-0.3, -0.25) is 9.74 Å². The van der Waals surface area contributed by atoms with Gasteiger partial charge in [-0.2, -0.15) is 5.06 Å². The van der Waals surface area contributed by atoms with Crippen LogP contribution in [-0.2, 0) is 11.4 Å². The van der Waals surface area contributed by atoms with E-state index >= 15 is 0 Å². The normalized spacial score (nSPS) is 23.8. The first-order valence-electron chi connectivity index (χ1n) is 10.9. The number of rotatable bonds is 5. The second kappa shape index (κ2) is 9.42. The summed E-state index contributed by atoms with van der Waals surface area (Å²) in [5.74, 6) is 2.16. The van der Waals surface area contributed by atoms with Gasteiger partial charge in [-0.05, 0) is 60.0 Å².